The highest BCUT2D eigenvalue weighted by atomic mass is 35.5. The van der Waals surface area contributed by atoms with E-state index in [-0.39, 0.29) is 18.2 Å². The quantitative estimate of drug-likeness (QED) is 0.845. The minimum atomic E-state index is -0.190. The highest BCUT2D eigenvalue weighted by Crippen LogP contribution is 2.25. The Morgan fingerprint density at radius 1 is 1.12 bits per heavy atom. The first-order chi connectivity index (χ1) is 12.0. The van der Waals surface area contributed by atoms with E-state index >= 15 is 0 Å². The Hall–Kier alpha value is -2.04. The summed E-state index contributed by atoms with van der Waals surface area (Å²) < 4.78 is 0. The molecule has 2 aromatic rings. The first-order valence-corrected chi connectivity index (χ1v) is 8.88. The number of carbonyl (C=O) groups is 2. The molecule has 0 aromatic heterocycles. The summed E-state index contributed by atoms with van der Waals surface area (Å²) in [7, 11) is 0. The lowest BCUT2D eigenvalue weighted by Gasteiger charge is -2.16. The molecule has 1 aliphatic rings. The Morgan fingerprint density at radius 2 is 1.84 bits per heavy atom. The highest BCUT2D eigenvalue weighted by molar-refractivity contribution is 6.36. The number of hydrogen-bond acceptors (Lipinski definition) is 2. The minimum absolute atomic E-state index is 0.105. The van der Waals surface area contributed by atoms with Gasteiger partial charge in [0.15, 0.2) is 0 Å². The third kappa shape index (κ3) is 4.53. The number of benzene rings is 2. The summed E-state index contributed by atoms with van der Waals surface area (Å²) in [6.45, 7) is 1.36. The number of hydrogen-bond donors (Lipinski definition) is 1. The molecule has 130 valence electrons. The molecule has 0 spiro atoms. The van der Waals surface area contributed by atoms with Crippen LogP contribution in [0.2, 0.25) is 10.0 Å². The molecular weight excluding hydrogens is 359 g/mol. The Balaban J connectivity index is 1.65. The highest BCUT2D eigenvalue weighted by Gasteiger charge is 2.20. The van der Waals surface area contributed by atoms with Gasteiger partial charge in [-0.1, -0.05) is 41.4 Å². The lowest BCUT2D eigenvalue weighted by atomic mass is 10.1. The second-order valence-electron chi connectivity index (χ2n) is 6.04. The fourth-order valence-corrected chi connectivity index (χ4v) is 3.44. The smallest absolute Gasteiger partial charge is 0.228 e. The van der Waals surface area contributed by atoms with Crippen LogP contribution < -0.4 is 5.32 Å². The molecule has 6 heteroatoms. The van der Waals surface area contributed by atoms with Crippen LogP contribution in [0.3, 0.4) is 0 Å². The van der Waals surface area contributed by atoms with Crippen molar-refractivity contribution in [2.75, 3.05) is 11.9 Å². The average molecular weight is 377 g/mol. The SMILES string of the molecule is O=C(Cc1c(Cl)cccc1Cl)Nc1cccc(CN2CCCC2=O)c1. The van der Waals surface area contributed by atoms with Gasteiger partial charge in [-0.15, -0.1) is 0 Å². The molecule has 2 aromatic carbocycles. The number of nitrogens with zero attached hydrogens (tertiary/aromatic N) is 1. The van der Waals surface area contributed by atoms with E-state index in [0.717, 1.165) is 18.5 Å². The predicted octanol–water partition coefficient (Wildman–Crippen LogP) is 4.30. The third-order valence-electron chi connectivity index (χ3n) is 4.15. The minimum Gasteiger partial charge on any atom is -0.338 e. The lowest BCUT2D eigenvalue weighted by molar-refractivity contribution is -0.128. The monoisotopic (exact) mass is 376 g/mol. The standard InChI is InChI=1S/C19H18Cl2N2O2/c20-16-6-2-7-17(21)15(16)11-18(24)22-14-5-1-4-13(10-14)12-23-9-3-8-19(23)25/h1-2,4-7,10H,3,8-9,11-12H2,(H,22,24). The van der Waals surface area contributed by atoms with Crippen molar-refractivity contribution in [3.63, 3.8) is 0 Å². The van der Waals surface area contributed by atoms with Crippen molar-refractivity contribution in [3.8, 4) is 0 Å². The summed E-state index contributed by atoms with van der Waals surface area (Å²) in [5.74, 6) is -0.00722. The van der Waals surface area contributed by atoms with Gasteiger partial charge < -0.3 is 10.2 Å². The first kappa shape index (κ1) is 17.8. The molecule has 0 bridgehead atoms. The van der Waals surface area contributed by atoms with Crippen LogP contribution in [-0.4, -0.2) is 23.3 Å². The molecule has 4 nitrogen and oxygen atoms in total. The number of nitrogens with one attached hydrogen (secondary N) is 1. The number of carbonyl (C=O) groups excluding carboxylic acids is 2. The second-order valence-corrected chi connectivity index (χ2v) is 6.86. The number of anilines is 1. The number of halogens is 2. The maximum absolute atomic E-state index is 12.3. The Morgan fingerprint density at radius 3 is 2.52 bits per heavy atom. The summed E-state index contributed by atoms with van der Waals surface area (Å²) in [5, 5.41) is 3.81. The third-order valence-corrected chi connectivity index (χ3v) is 4.86. The van der Waals surface area contributed by atoms with Crippen molar-refractivity contribution in [3.05, 3.63) is 63.6 Å². The van der Waals surface area contributed by atoms with E-state index in [0.29, 0.717) is 34.3 Å². The molecule has 0 aliphatic carbocycles. The van der Waals surface area contributed by atoms with Gasteiger partial charge in [0.2, 0.25) is 11.8 Å². The van der Waals surface area contributed by atoms with E-state index in [9.17, 15) is 9.59 Å². The van der Waals surface area contributed by atoms with E-state index in [4.69, 9.17) is 23.2 Å². The van der Waals surface area contributed by atoms with Crippen molar-refractivity contribution in [1.29, 1.82) is 0 Å². The summed E-state index contributed by atoms with van der Waals surface area (Å²) in [5.41, 5.74) is 2.29. The van der Waals surface area contributed by atoms with E-state index in [1.54, 1.807) is 18.2 Å². The Bertz CT molecular complexity index is 788. The van der Waals surface area contributed by atoms with Gasteiger partial charge in [-0.05, 0) is 41.8 Å². The molecule has 1 heterocycles. The molecule has 0 radical (unpaired) electrons. The van der Waals surface area contributed by atoms with E-state index in [2.05, 4.69) is 5.32 Å². The average Bonchev–Trinajstić information content (AvgIpc) is 2.96. The molecule has 0 atom stereocenters. The zero-order valence-corrected chi connectivity index (χ0v) is 15.1. The van der Waals surface area contributed by atoms with Gasteiger partial charge in [0.25, 0.3) is 0 Å². The lowest BCUT2D eigenvalue weighted by Crippen LogP contribution is -2.23. The molecule has 1 saturated heterocycles. The van der Waals surface area contributed by atoms with E-state index < -0.39 is 0 Å². The normalized spacial score (nSPS) is 14.0. The van der Waals surface area contributed by atoms with Crippen molar-refractivity contribution in [2.45, 2.75) is 25.8 Å². The van der Waals surface area contributed by atoms with Crippen molar-refractivity contribution >= 4 is 40.7 Å². The number of rotatable bonds is 5. The zero-order chi connectivity index (χ0) is 17.8. The van der Waals surface area contributed by atoms with Gasteiger partial charge in [-0.25, -0.2) is 0 Å². The van der Waals surface area contributed by atoms with Crippen LogP contribution in [0, 0.1) is 0 Å². The Kier molecular flexibility index (Phi) is 5.61. The largest absolute Gasteiger partial charge is 0.338 e. The maximum Gasteiger partial charge on any atom is 0.228 e. The zero-order valence-electron chi connectivity index (χ0n) is 13.6. The Labute approximate surface area is 156 Å². The van der Waals surface area contributed by atoms with E-state index in [1.165, 1.54) is 0 Å². The van der Waals surface area contributed by atoms with Crippen LogP contribution in [0.25, 0.3) is 0 Å². The molecule has 2 amide bonds. The summed E-state index contributed by atoms with van der Waals surface area (Å²) in [6.07, 6.45) is 1.64. The summed E-state index contributed by atoms with van der Waals surface area (Å²) in [6, 6.07) is 12.7. The fourth-order valence-electron chi connectivity index (χ4n) is 2.91. The van der Waals surface area contributed by atoms with Crippen LogP contribution in [0.1, 0.15) is 24.0 Å². The van der Waals surface area contributed by atoms with Crippen LogP contribution in [-0.2, 0) is 22.6 Å². The van der Waals surface area contributed by atoms with Gasteiger partial charge in [-0.2, -0.15) is 0 Å². The predicted molar refractivity (Wildman–Crippen MR) is 99.9 cm³/mol. The summed E-state index contributed by atoms with van der Waals surface area (Å²) in [4.78, 5) is 25.9. The molecule has 25 heavy (non-hydrogen) atoms. The molecule has 0 saturated carbocycles. The topological polar surface area (TPSA) is 49.4 Å². The first-order valence-electron chi connectivity index (χ1n) is 8.12. The van der Waals surface area contributed by atoms with Crippen molar-refractivity contribution in [2.24, 2.45) is 0 Å². The van der Waals surface area contributed by atoms with Crippen molar-refractivity contribution < 1.29 is 9.59 Å². The number of amides is 2. The second kappa shape index (κ2) is 7.89. The molecular formula is C19H18Cl2N2O2. The number of likely N-dealkylation sites (tertiary alicyclic amines) is 1. The molecule has 3 rings (SSSR count). The maximum atomic E-state index is 12.3. The summed E-state index contributed by atoms with van der Waals surface area (Å²) >= 11 is 12.2. The van der Waals surface area contributed by atoms with Crippen LogP contribution in [0.4, 0.5) is 5.69 Å². The fraction of sp³-hybridized carbons (Fsp3) is 0.263. The molecule has 1 fully saturated rings. The van der Waals surface area contributed by atoms with Gasteiger partial charge >= 0.3 is 0 Å². The van der Waals surface area contributed by atoms with Gasteiger partial charge in [0, 0.05) is 35.2 Å². The molecule has 1 aliphatic heterocycles. The van der Waals surface area contributed by atoms with Gasteiger partial charge in [0.05, 0.1) is 6.42 Å². The van der Waals surface area contributed by atoms with Crippen molar-refractivity contribution in [1.82, 2.24) is 4.90 Å². The molecule has 1 N–H and O–H groups in total. The molecule has 0 unspecified atom stereocenters. The van der Waals surface area contributed by atoms with Gasteiger partial charge in [0.1, 0.15) is 0 Å². The van der Waals surface area contributed by atoms with Crippen LogP contribution in [0.15, 0.2) is 42.5 Å². The van der Waals surface area contributed by atoms with Crippen LogP contribution in [0.5, 0.6) is 0 Å². The van der Waals surface area contributed by atoms with Gasteiger partial charge in [-0.3, -0.25) is 9.59 Å². The van der Waals surface area contributed by atoms with E-state index in [1.807, 2.05) is 29.2 Å². The van der Waals surface area contributed by atoms with Crippen LogP contribution >= 0.6 is 23.2 Å².